The summed E-state index contributed by atoms with van der Waals surface area (Å²) < 4.78 is 5.41. The van der Waals surface area contributed by atoms with Crippen molar-refractivity contribution in [2.24, 2.45) is 0 Å². The molecule has 0 radical (unpaired) electrons. The lowest BCUT2D eigenvalue weighted by molar-refractivity contribution is -0.001000. The largest absolute Gasteiger partial charge is 1.00 e. The smallest absolute Gasteiger partial charge is 1.00 e. The molecule has 0 unspecified atom stereocenters. The molecule has 2 N–H and O–H groups in total. The minimum atomic E-state index is 0. The first-order valence-electron chi connectivity index (χ1n) is 7.76. The van der Waals surface area contributed by atoms with E-state index < -0.39 is 0 Å². The highest BCUT2D eigenvalue weighted by Gasteiger charge is 2.15. The molecule has 1 aromatic rings. The van der Waals surface area contributed by atoms with Gasteiger partial charge in [0.05, 0.1) is 24.6 Å². The van der Waals surface area contributed by atoms with E-state index in [0.29, 0.717) is 0 Å². The van der Waals surface area contributed by atoms with Crippen molar-refractivity contribution in [1.29, 1.82) is 0 Å². The molecular weight excluding hydrogens is 357 g/mol. The molecule has 1 aromatic carbocycles. The second kappa shape index (κ2) is 11.2. The summed E-state index contributed by atoms with van der Waals surface area (Å²) in [6, 6.07) is 6.52. The number of hydrogen-bond acceptors (Lipinski definition) is 4. The zero-order valence-electron chi connectivity index (χ0n) is 16.3. The van der Waals surface area contributed by atoms with Crippen molar-refractivity contribution in [3.05, 3.63) is 23.8 Å². The Balaban J connectivity index is -0.000000403. The molecule has 23 heavy (non-hydrogen) atoms. The van der Waals surface area contributed by atoms with Crippen molar-refractivity contribution in [1.82, 2.24) is 4.90 Å². The third kappa shape index (κ3) is 6.20. The van der Waals surface area contributed by atoms with Crippen molar-refractivity contribution < 1.29 is 46.2 Å². The van der Waals surface area contributed by atoms with Crippen LogP contribution in [0, 0.1) is 0 Å². The monoisotopic (exact) mass is 383 g/mol. The van der Waals surface area contributed by atoms with Gasteiger partial charge >= 0.3 is 4.28 Å². The number of rotatable bonds is 3. The highest BCUT2D eigenvalue weighted by molar-refractivity contribution is 5.68. The van der Waals surface area contributed by atoms with Crippen LogP contribution in [0.5, 0.6) is 0 Å². The van der Waals surface area contributed by atoms with Crippen LogP contribution >= 0.6 is 0 Å². The summed E-state index contributed by atoms with van der Waals surface area (Å²) in [6.07, 6.45) is 3.92. The number of hydrogen-bond donors (Lipinski definition) is 1. The zero-order valence-corrected chi connectivity index (χ0v) is 15.6. The zero-order chi connectivity index (χ0) is 13.8. The second-order valence-corrected chi connectivity index (χ2v) is 5.83. The maximum Gasteiger partial charge on any atom is 1.00 e. The first kappa shape index (κ1) is 22.6. The standard InChI is InChI=1S/C16H25N3O.3ClH/c17-15-5-4-14(13-18-8-10-20-11-9-18)12-16(15)19-6-2-1-3-7-19;;;/h4-5,12H,1-3,6-11,13,17H2;3*1H. The van der Waals surface area contributed by atoms with E-state index in [0.717, 1.165) is 51.6 Å². The van der Waals surface area contributed by atoms with E-state index in [1.165, 1.54) is 30.5 Å². The van der Waals surface area contributed by atoms with Gasteiger partial charge in [-0.15, -0.1) is 0 Å². The summed E-state index contributed by atoms with van der Waals surface area (Å²) in [5, 5.41) is 0. The Labute approximate surface area is 162 Å². The van der Waals surface area contributed by atoms with Crippen molar-refractivity contribution in [3.8, 4) is 0 Å². The molecule has 0 amide bonds. The molecule has 134 valence electrons. The molecule has 0 atom stereocenters. The molecule has 0 aromatic heterocycles. The van der Waals surface area contributed by atoms with Crippen LogP contribution < -0.4 is 47.9 Å². The summed E-state index contributed by atoms with van der Waals surface area (Å²) in [7, 11) is 0. The Hall–Kier alpha value is -0.390. The van der Waals surface area contributed by atoms with E-state index in [-0.39, 0.29) is 41.5 Å². The van der Waals surface area contributed by atoms with Crippen molar-refractivity contribution in [2.75, 3.05) is 50.0 Å². The number of nitrogen functional groups attached to an aromatic ring is 1. The number of anilines is 2. The SMILES string of the molecule is Nc1ccc(CN2CCOCC2)cc1N1CCCCC1.[Cl-].[Cl-].[Cl-].[H+].[H+].[H+]. The average Bonchev–Trinajstić information content (AvgIpc) is 2.51. The third-order valence-electron chi connectivity index (χ3n) is 4.30. The fourth-order valence-corrected chi connectivity index (χ4v) is 3.11. The average molecular weight is 385 g/mol. The Morgan fingerprint density at radius 3 is 2.26 bits per heavy atom. The van der Waals surface area contributed by atoms with Crippen LogP contribution in [0.4, 0.5) is 11.4 Å². The summed E-state index contributed by atoms with van der Waals surface area (Å²) in [5.74, 6) is 0. The molecule has 0 saturated carbocycles. The summed E-state index contributed by atoms with van der Waals surface area (Å²) in [6.45, 7) is 7.07. The van der Waals surface area contributed by atoms with E-state index in [4.69, 9.17) is 10.5 Å². The quantitative estimate of drug-likeness (QED) is 0.526. The van der Waals surface area contributed by atoms with Gasteiger partial charge in [0.1, 0.15) is 0 Å². The minimum Gasteiger partial charge on any atom is -1.00 e. The number of ether oxygens (including phenoxy) is 1. The Kier molecular flexibility index (Phi) is 11.0. The van der Waals surface area contributed by atoms with Crippen molar-refractivity contribution in [3.63, 3.8) is 0 Å². The second-order valence-electron chi connectivity index (χ2n) is 5.83. The van der Waals surface area contributed by atoms with Crippen LogP contribution in [-0.4, -0.2) is 44.3 Å². The Morgan fingerprint density at radius 2 is 1.61 bits per heavy atom. The van der Waals surface area contributed by atoms with Crippen LogP contribution in [0.25, 0.3) is 0 Å². The number of benzene rings is 1. The van der Waals surface area contributed by atoms with Gasteiger partial charge in [0, 0.05) is 32.7 Å². The molecule has 0 bridgehead atoms. The minimum absolute atomic E-state index is 0. The van der Waals surface area contributed by atoms with E-state index >= 15 is 0 Å². The maximum absolute atomic E-state index is 6.18. The van der Waals surface area contributed by atoms with E-state index in [2.05, 4.69) is 28.0 Å². The number of halogens is 3. The molecule has 0 spiro atoms. The van der Waals surface area contributed by atoms with Gasteiger partial charge in [-0.3, -0.25) is 4.90 Å². The fourth-order valence-electron chi connectivity index (χ4n) is 3.11. The predicted molar refractivity (Wildman–Crippen MR) is 86.4 cm³/mol. The van der Waals surface area contributed by atoms with E-state index in [9.17, 15) is 0 Å². The van der Waals surface area contributed by atoms with Crippen molar-refractivity contribution >= 4 is 11.4 Å². The number of nitrogens with zero attached hydrogens (tertiary/aromatic N) is 2. The molecule has 7 heteroatoms. The Morgan fingerprint density at radius 1 is 0.957 bits per heavy atom. The van der Waals surface area contributed by atoms with Gasteiger partial charge in [0.2, 0.25) is 0 Å². The predicted octanol–water partition coefficient (Wildman–Crippen LogP) is -6.56. The van der Waals surface area contributed by atoms with Gasteiger partial charge in [-0.1, -0.05) is 6.07 Å². The van der Waals surface area contributed by atoms with Crippen LogP contribution in [-0.2, 0) is 11.3 Å². The lowest BCUT2D eigenvalue weighted by Gasteiger charge is -2.31. The topological polar surface area (TPSA) is 41.7 Å². The summed E-state index contributed by atoms with van der Waals surface area (Å²) in [5.41, 5.74) is 9.69. The molecule has 2 heterocycles. The molecule has 2 aliphatic rings. The van der Waals surface area contributed by atoms with Crippen LogP contribution in [0.15, 0.2) is 18.2 Å². The normalized spacial score (nSPS) is 18.3. The van der Waals surface area contributed by atoms with Gasteiger partial charge in [0.15, 0.2) is 0 Å². The lowest BCUT2D eigenvalue weighted by Crippen LogP contribution is -3.00. The number of nitrogens with two attached hydrogens (primary N) is 1. The van der Waals surface area contributed by atoms with Crippen LogP contribution in [0.3, 0.4) is 0 Å². The molecular formula is C16H28Cl3N3O. The van der Waals surface area contributed by atoms with Gasteiger partial charge < -0.3 is 52.6 Å². The molecule has 0 aliphatic carbocycles. The first-order chi connectivity index (χ1) is 9.83. The third-order valence-corrected chi connectivity index (χ3v) is 4.30. The molecule has 4 nitrogen and oxygen atoms in total. The summed E-state index contributed by atoms with van der Waals surface area (Å²) >= 11 is 0. The highest BCUT2D eigenvalue weighted by Crippen LogP contribution is 2.28. The van der Waals surface area contributed by atoms with E-state index in [1.54, 1.807) is 0 Å². The van der Waals surface area contributed by atoms with Gasteiger partial charge in [-0.05, 0) is 37.0 Å². The summed E-state index contributed by atoms with van der Waals surface area (Å²) in [4.78, 5) is 4.90. The molecule has 2 aliphatic heterocycles. The number of morpholine rings is 1. The van der Waals surface area contributed by atoms with Gasteiger partial charge in [0.25, 0.3) is 0 Å². The Bertz CT molecular complexity index is 464. The van der Waals surface area contributed by atoms with Crippen LogP contribution in [0.2, 0.25) is 0 Å². The van der Waals surface area contributed by atoms with Gasteiger partial charge in [-0.2, -0.15) is 0 Å². The highest BCUT2D eigenvalue weighted by atomic mass is 35.5. The van der Waals surface area contributed by atoms with Crippen molar-refractivity contribution in [2.45, 2.75) is 25.8 Å². The van der Waals surface area contributed by atoms with E-state index in [1.807, 2.05) is 0 Å². The molecule has 2 fully saturated rings. The lowest BCUT2D eigenvalue weighted by atomic mass is 10.1. The number of piperidine rings is 1. The maximum atomic E-state index is 6.18. The van der Waals surface area contributed by atoms with Crippen LogP contribution in [0.1, 0.15) is 29.1 Å². The van der Waals surface area contributed by atoms with Gasteiger partial charge in [-0.25, -0.2) is 0 Å². The first-order valence-corrected chi connectivity index (χ1v) is 7.76. The fraction of sp³-hybridized carbons (Fsp3) is 0.625. The molecule has 2 saturated heterocycles. The molecule has 3 rings (SSSR count).